The molecular formula is C12H18F3N3O2. The molecule has 20 heavy (non-hydrogen) atoms. The van der Waals surface area contributed by atoms with Gasteiger partial charge in [0.25, 0.3) is 5.91 Å². The lowest BCUT2D eigenvalue weighted by molar-refractivity contribution is -0.157. The van der Waals surface area contributed by atoms with E-state index in [0.717, 1.165) is 9.91 Å². The van der Waals surface area contributed by atoms with E-state index < -0.39 is 18.6 Å². The van der Waals surface area contributed by atoms with Gasteiger partial charge in [-0.1, -0.05) is 13.3 Å². The van der Waals surface area contributed by atoms with Crippen LogP contribution in [0.5, 0.6) is 0 Å². The van der Waals surface area contributed by atoms with Crippen LogP contribution in [0.25, 0.3) is 0 Å². The van der Waals surface area contributed by atoms with Crippen LogP contribution in [0.1, 0.15) is 32.6 Å². The van der Waals surface area contributed by atoms with Gasteiger partial charge in [-0.15, -0.1) is 0 Å². The number of halogens is 3. The molecule has 1 aliphatic heterocycles. The maximum absolute atomic E-state index is 12.5. The minimum absolute atomic E-state index is 0.00690. The molecule has 0 aromatic carbocycles. The number of carbonyl (C=O) groups is 2. The summed E-state index contributed by atoms with van der Waals surface area (Å²) in [6.07, 6.45) is -3.09. The van der Waals surface area contributed by atoms with E-state index in [4.69, 9.17) is 0 Å². The van der Waals surface area contributed by atoms with Crippen molar-refractivity contribution in [1.29, 1.82) is 0 Å². The van der Waals surface area contributed by atoms with Gasteiger partial charge in [-0.2, -0.15) is 18.3 Å². The molecule has 0 N–H and O–H groups in total. The lowest BCUT2D eigenvalue weighted by Crippen LogP contribution is -2.45. The molecule has 0 saturated carbocycles. The van der Waals surface area contributed by atoms with Crippen molar-refractivity contribution < 1.29 is 22.8 Å². The Morgan fingerprint density at radius 2 is 2.05 bits per heavy atom. The molecule has 0 fully saturated rings. The maximum atomic E-state index is 12.5. The van der Waals surface area contributed by atoms with Crippen molar-refractivity contribution >= 4 is 17.5 Å². The Bertz CT molecular complexity index is 407. The second-order valence-electron chi connectivity index (χ2n) is 4.66. The first-order valence-electron chi connectivity index (χ1n) is 6.44. The first-order chi connectivity index (χ1) is 9.24. The standard InChI is InChI=1S/C12H18F3N3O2/c1-3-4-7-18(8-12(13,14)15)11(20)9-5-6-10(19)17(2)16-9/h3-8H2,1-2H3. The summed E-state index contributed by atoms with van der Waals surface area (Å²) in [4.78, 5) is 24.1. The van der Waals surface area contributed by atoms with Crippen molar-refractivity contribution in [2.45, 2.75) is 38.8 Å². The summed E-state index contributed by atoms with van der Waals surface area (Å²) in [7, 11) is 1.38. The highest BCUT2D eigenvalue weighted by atomic mass is 19.4. The second kappa shape index (κ2) is 6.71. The van der Waals surface area contributed by atoms with E-state index in [-0.39, 0.29) is 31.0 Å². The Morgan fingerprint density at radius 3 is 2.55 bits per heavy atom. The van der Waals surface area contributed by atoms with E-state index in [9.17, 15) is 22.8 Å². The first-order valence-corrected chi connectivity index (χ1v) is 6.44. The van der Waals surface area contributed by atoms with E-state index in [2.05, 4.69) is 5.10 Å². The Kier molecular flexibility index (Phi) is 5.52. The lowest BCUT2D eigenvalue weighted by Gasteiger charge is -2.26. The normalized spacial score (nSPS) is 16.1. The fourth-order valence-corrected chi connectivity index (χ4v) is 1.82. The quantitative estimate of drug-likeness (QED) is 0.776. The van der Waals surface area contributed by atoms with Crippen molar-refractivity contribution in [2.24, 2.45) is 5.10 Å². The zero-order chi connectivity index (χ0) is 15.3. The predicted molar refractivity (Wildman–Crippen MR) is 67.0 cm³/mol. The molecule has 8 heteroatoms. The fourth-order valence-electron chi connectivity index (χ4n) is 1.82. The van der Waals surface area contributed by atoms with Crippen LogP contribution in [0.2, 0.25) is 0 Å². The van der Waals surface area contributed by atoms with E-state index >= 15 is 0 Å². The predicted octanol–water partition coefficient (Wildman–Crippen LogP) is 1.79. The lowest BCUT2D eigenvalue weighted by atomic mass is 10.1. The van der Waals surface area contributed by atoms with Crippen molar-refractivity contribution in [3.8, 4) is 0 Å². The minimum Gasteiger partial charge on any atom is -0.328 e. The molecule has 0 aliphatic carbocycles. The van der Waals surface area contributed by atoms with Gasteiger partial charge in [-0.25, -0.2) is 5.01 Å². The molecule has 1 aliphatic rings. The highest BCUT2D eigenvalue weighted by Crippen LogP contribution is 2.18. The topological polar surface area (TPSA) is 53.0 Å². The SMILES string of the molecule is CCCCN(CC(F)(F)F)C(=O)C1=NN(C)C(=O)CC1. The number of alkyl halides is 3. The highest BCUT2D eigenvalue weighted by molar-refractivity contribution is 6.39. The van der Waals surface area contributed by atoms with Crippen molar-refractivity contribution in [1.82, 2.24) is 9.91 Å². The van der Waals surface area contributed by atoms with Crippen molar-refractivity contribution in [3.05, 3.63) is 0 Å². The molecule has 0 aromatic heterocycles. The zero-order valence-corrected chi connectivity index (χ0v) is 11.5. The molecule has 1 rings (SSSR count). The van der Waals surface area contributed by atoms with Crippen LogP contribution in [0.4, 0.5) is 13.2 Å². The molecule has 0 radical (unpaired) electrons. The number of hydrazone groups is 1. The number of nitrogens with zero attached hydrogens (tertiary/aromatic N) is 3. The summed E-state index contributed by atoms with van der Waals surface area (Å²) in [6.45, 7) is 0.578. The molecule has 1 heterocycles. The van der Waals surface area contributed by atoms with Gasteiger partial charge in [-0.05, 0) is 6.42 Å². The Balaban J connectivity index is 2.82. The van der Waals surface area contributed by atoms with Crippen LogP contribution in [0, 0.1) is 0 Å². The van der Waals surface area contributed by atoms with Crippen LogP contribution in [0.15, 0.2) is 5.10 Å². The number of unbranched alkanes of at least 4 members (excludes halogenated alkanes) is 1. The molecule has 0 aromatic rings. The van der Waals surface area contributed by atoms with Crippen molar-refractivity contribution in [3.63, 3.8) is 0 Å². The molecule has 0 spiro atoms. The molecule has 114 valence electrons. The number of hydrogen-bond donors (Lipinski definition) is 0. The maximum Gasteiger partial charge on any atom is 0.406 e. The summed E-state index contributed by atoms with van der Waals surface area (Å²) in [5, 5.41) is 4.77. The first kappa shape index (κ1) is 16.5. The van der Waals surface area contributed by atoms with Gasteiger partial charge in [0.1, 0.15) is 12.3 Å². The monoisotopic (exact) mass is 293 g/mol. The van der Waals surface area contributed by atoms with Crippen molar-refractivity contribution in [2.75, 3.05) is 20.1 Å². The zero-order valence-electron chi connectivity index (χ0n) is 11.5. The summed E-state index contributed by atoms with van der Waals surface area (Å²) >= 11 is 0. The third-order valence-electron chi connectivity index (χ3n) is 2.89. The summed E-state index contributed by atoms with van der Waals surface area (Å²) < 4.78 is 37.5. The average molecular weight is 293 g/mol. The molecular weight excluding hydrogens is 275 g/mol. The van der Waals surface area contributed by atoms with E-state index in [0.29, 0.717) is 12.8 Å². The summed E-state index contributed by atoms with van der Waals surface area (Å²) in [5.74, 6) is -0.993. The second-order valence-corrected chi connectivity index (χ2v) is 4.66. The van der Waals surface area contributed by atoms with Gasteiger partial charge >= 0.3 is 6.18 Å². The number of rotatable bonds is 5. The van der Waals surface area contributed by atoms with Crippen LogP contribution in [-0.2, 0) is 9.59 Å². The Labute approximate surface area is 115 Å². The molecule has 0 saturated heterocycles. The fraction of sp³-hybridized carbons (Fsp3) is 0.750. The number of carbonyl (C=O) groups excluding carboxylic acids is 2. The average Bonchev–Trinajstić information content (AvgIpc) is 2.35. The van der Waals surface area contributed by atoms with Gasteiger partial charge in [0.15, 0.2) is 0 Å². The van der Waals surface area contributed by atoms with Gasteiger partial charge in [0.2, 0.25) is 5.91 Å². The smallest absolute Gasteiger partial charge is 0.328 e. The largest absolute Gasteiger partial charge is 0.406 e. The van der Waals surface area contributed by atoms with Crippen LogP contribution in [0.3, 0.4) is 0 Å². The molecule has 0 unspecified atom stereocenters. The number of amides is 2. The van der Waals surface area contributed by atoms with Gasteiger partial charge in [0, 0.05) is 26.4 Å². The third-order valence-corrected chi connectivity index (χ3v) is 2.89. The summed E-state index contributed by atoms with van der Waals surface area (Å²) in [5.41, 5.74) is 0.00690. The highest BCUT2D eigenvalue weighted by Gasteiger charge is 2.35. The van der Waals surface area contributed by atoms with E-state index in [1.165, 1.54) is 7.05 Å². The third kappa shape index (κ3) is 4.82. The molecule has 5 nitrogen and oxygen atoms in total. The van der Waals surface area contributed by atoms with E-state index in [1.807, 2.05) is 6.92 Å². The molecule has 2 amide bonds. The molecule has 0 bridgehead atoms. The van der Waals surface area contributed by atoms with Crippen LogP contribution in [-0.4, -0.2) is 53.7 Å². The van der Waals surface area contributed by atoms with E-state index in [1.54, 1.807) is 0 Å². The Morgan fingerprint density at radius 1 is 1.40 bits per heavy atom. The van der Waals surface area contributed by atoms with Gasteiger partial charge < -0.3 is 4.90 Å². The minimum atomic E-state index is -4.44. The molecule has 0 atom stereocenters. The van der Waals surface area contributed by atoms with Crippen LogP contribution >= 0.6 is 0 Å². The van der Waals surface area contributed by atoms with Crippen LogP contribution < -0.4 is 0 Å². The number of hydrogen-bond acceptors (Lipinski definition) is 3. The Hall–Kier alpha value is -1.60. The van der Waals surface area contributed by atoms with Gasteiger partial charge in [0.05, 0.1) is 0 Å². The van der Waals surface area contributed by atoms with Gasteiger partial charge in [-0.3, -0.25) is 9.59 Å². The summed E-state index contributed by atoms with van der Waals surface area (Å²) in [6, 6.07) is 0.